The summed E-state index contributed by atoms with van der Waals surface area (Å²) in [6.07, 6.45) is 0. The number of carbonyl (C=O) groups is 2. The molecule has 2 rings (SSSR count). The Bertz CT molecular complexity index is 606. The van der Waals surface area contributed by atoms with Gasteiger partial charge in [0.15, 0.2) is 0 Å². The quantitative estimate of drug-likeness (QED) is 0.655. The molecule has 0 aliphatic carbocycles. The van der Waals surface area contributed by atoms with Gasteiger partial charge in [0.1, 0.15) is 10.8 Å². The van der Waals surface area contributed by atoms with Gasteiger partial charge in [0.25, 0.3) is 0 Å². The maximum Gasteiger partial charge on any atom is 0.312 e. The van der Waals surface area contributed by atoms with E-state index in [1.165, 1.54) is 28.0 Å². The molecule has 0 spiro atoms. The van der Waals surface area contributed by atoms with Crippen molar-refractivity contribution in [3.63, 3.8) is 0 Å². The van der Waals surface area contributed by atoms with Crippen LogP contribution in [-0.2, 0) is 16.1 Å². The van der Waals surface area contributed by atoms with Crippen molar-refractivity contribution >= 4 is 29.0 Å². The lowest BCUT2D eigenvalue weighted by Crippen LogP contribution is -2.53. The summed E-state index contributed by atoms with van der Waals surface area (Å²) in [7, 11) is 0. The van der Waals surface area contributed by atoms with Crippen molar-refractivity contribution in [3.8, 4) is 0 Å². The highest BCUT2D eigenvalue weighted by Gasteiger charge is 2.31. The van der Waals surface area contributed by atoms with Crippen molar-refractivity contribution in [1.29, 1.82) is 0 Å². The second-order valence-electron chi connectivity index (χ2n) is 4.78. The van der Waals surface area contributed by atoms with E-state index in [-0.39, 0.29) is 11.5 Å². The van der Waals surface area contributed by atoms with Gasteiger partial charge in [0, 0.05) is 31.7 Å². The molecule has 5 nitrogen and oxygen atoms in total. The zero-order valence-corrected chi connectivity index (χ0v) is 12.5. The third-order valence-electron chi connectivity index (χ3n) is 3.47. The fourth-order valence-electron chi connectivity index (χ4n) is 2.31. The van der Waals surface area contributed by atoms with Crippen LogP contribution in [0.15, 0.2) is 18.2 Å². The van der Waals surface area contributed by atoms with Crippen LogP contribution < -0.4 is 5.73 Å². The maximum atomic E-state index is 13.4. The molecule has 0 bridgehead atoms. The zero-order chi connectivity index (χ0) is 15.6. The highest BCUT2D eigenvalue weighted by Crippen LogP contribution is 2.16. The second kappa shape index (κ2) is 6.17. The molecule has 1 aromatic rings. The topological polar surface area (TPSA) is 66.6 Å². The molecular weight excluding hydrogens is 293 g/mol. The first kappa shape index (κ1) is 15.4. The monoisotopic (exact) mass is 309 g/mol. The standard InChI is InChI=1S/C14H16FN3O2S/c1-2-17-5-6-18(14(20)13(17)19)8-9-7-10(15)3-4-11(9)12(16)21/h3-4,7H,2,5-6,8H2,1H3,(H2,16,21). The molecule has 2 N–H and O–H groups in total. The van der Waals surface area contributed by atoms with E-state index in [0.29, 0.717) is 30.8 Å². The lowest BCUT2D eigenvalue weighted by Gasteiger charge is -2.33. The van der Waals surface area contributed by atoms with Crippen LogP contribution in [0.25, 0.3) is 0 Å². The SMILES string of the molecule is CCN1CCN(Cc2cc(F)ccc2C(N)=S)C(=O)C1=O. The summed E-state index contributed by atoms with van der Waals surface area (Å²) in [6, 6.07) is 4.04. The van der Waals surface area contributed by atoms with Crippen LogP contribution in [0.3, 0.4) is 0 Å². The van der Waals surface area contributed by atoms with Gasteiger partial charge in [-0.3, -0.25) is 9.59 Å². The van der Waals surface area contributed by atoms with E-state index in [9.17, 15) is 14.0 Å². The summed E-state index contributed by atoms with van der Waals surface area (Å²) < 4.78 is 13.4. The first-order chi connectivity index (χ1) is 9.93. The third kappa shape index (κ3) is 3.18. The number of hydrogen-bond donors (Lipinski definition) is 1. The summed E-state index contributed by atoms with van der Waals surface area (Å²) in [6.45, 7) is 3.31. The number of likely N-dealkylation sites (N-methyl/N-ethyl adjacent to an activating group) is 1. The number of benzene rings is 1. The smallest absolute Gasteiger partial charge is 0.312 e. The van der Waals surface area contributed by atoms with E-state index < -0.39 is 17.6 Å². The summed E-state index contributed by atoms with van der Waals surface area (Å²) in [5.41, 5.74) is 6.63. The molecule has 112 valence electrons. The normalized spacial score (nSPS) is 15.5. The Morgan fingerprint density at radius 3 is 2.52 bits per heavy atom. The summed E-state index contributed by atoms with van der Waals surface area (Å²) in [5, 5.41) is 0. The fraction of sp³-hybridized carbons (Fsp3) is 0.357. The van der Waals surface area contributed by atoms with Crippen LogP contribution in [0.4, 0.5) is 4.39 Å². The number of halogens is 1. The Kier molecular flexibility index (Phi) is 4.52. The van der Waals surface area contributed by atoms with Gasteiger partial charge in [-0.15, -0.1) is 0 Å². The number of nitrogens with two attached hydrogens (primary N) is 1. The number of amides is 2. The van der Waals surface area contributed by atoms with E-state index in [2.05, 4.69) is 0 Å². The first-order valence-corrected chi connectivity index (χ1v) is 7.01. The fourth-order valence-corrected chi connectivity index (χ4v) is 2.51. The van der Waals surface area contributed by atoms with E-state index in [4.69, 9.17) is 18.0 Å². The van der Waals surface area contributed by atoms with Crippen molar-refractivity contribution in [1.82, 2.24) is 9.80 Å². The maximum absolute atomic E-state index is 13.4. The van der Waals surface area contributed by atoms with Crippen molar-refractivity contribution in [3.05, 3.63) is 35.1 Å². The highest BCUT2D eigenvalue weighted by atomic mass is 32.1. The molecule has 0 unspecified atom stereocenters. The van der Waals surface area contributed by atoms with Gasteiger partial charge in [-0.2, -0.15) is 0 Å². The van der Waals surface area contributed by atoms with Gasteiger partial charge < -0.3 is 15.5 Å². The zero-order valence-electron chi connectivity index (χ0n) is 11.6. The number of rotatable bonds is 4. The molecular formula is C14H16FN3O2S. The molecule has 7 heteroatoms. The van der Waals surface area contributed by atoms with E-state index >= 15 is 0 Å². The van der Waals surface area contributed by atoms with E-state index in [1.54, 1.807) is 0 Å². The van der Waals surface area contributed by atoms with E-state index in [1.807, 2.05) is 6.92 Å². The lowest BCUT2D eigenvalue weighted by atomic mass is 10.1. The Morgan fingerprint density at radius 2 is 1.90 bits per heavy atom. The van der Waals surface area contributed by atoms with Crippen molar-refractivity contribution in [2.24, 2.45) is 5.73 Å². The largest absolute Gasteiger partial charge is 0.389 e. The molecule has 1 heterocycles. The molecule has 1 aromatic carbocycles. The van der Waals surface area contributed by atoms with Gasteiger partial charge in [-0.1, -0.05) is 12.2 Å². The van der Waals surface area contributed by atoms with Gasteiger partial charge in [0.2, 0.25) is 0 Å². The van der Waals surface area contributed by atoms with Gasteiger partial charge in [-0.25, -0.2) is 4.39 Å². The van der Waals surface area contributed by atoms with Gasteiger partial charge in [-0.05, 0) is 30.7 Å². The molecule has 2 amide bonds. The Morgan fingerprint density at radius 1 is 1.29 bits per heavy atom. The van der Waals surface area contributed by atoms with Crippen molar-refractivity contribution in [2.45, 2.75) is 13.5 Å². The van der Waals surface area contributed by atoms with Crippen LogP contribution in [0.1, 0.15) is 18.1 Å². The molecule has 1 fully saturated rings. The molecule has 0 atom stereocenters. The summed E-state index contributed by atoms with van der Waals surface area (Å²) in [4.78, 5) is 26.9. The summed E-state index contributed by atoms with van der Waals surface area (Å²) >= 11 is 4.93. The minimum atomic E-state index is -0.582. The number of thiocarbonyl (C=S) groups is 1. The van der Waals surface area contributed by atoms with Crippen LogP contribution in [0, 0.1) is 5.82 Å². The van der Waals surface area contributed by atoms with Crippen LogP contribution in [-0.4, -0.2) is 46.2 Å². The minimum Gasteiger partial charge on any atom is -0.389 e. The van der Waals surface area contributed by atoms with Crippen LogP contribution in [0.5, 0.6) is 0 Å². The average Bonchev–Trinajstić information content (AvgIpc) is 2.44. The highest BCUT2D eigenvalue weighted by molar-refractivity contribution is 7.80. The van der Waals surface area contributed by atoms with E-state index in [0.717, 1.165) is 0 Å². The molecule has 0 saturated carbocycles. The summed E-state index contributed by atoms with van der Waals surface area (Å²) in [5.74, 6) is -1.55. The Hall–Kier alpha value is -2.02. The van der Waals surface area contributed by atoms with Gasteiger partial charge >= 0.3 is 11.8 Å². The van der Waals surface area contributed by atoms with Crippen molar-refractivity contribution < 1.29 is 14.0 Å². The first-order valence-electron chi connectivity index (χ1n) is 6.60. The molecule has 1 aliphatic heterocycles. The Balaban J connectivity index is 2.23. The average molecular weight is 309 g/mol. The number of hydrogen-bond acceptors (Lipinski definition) is 3. The minimum absolute atomic E-state index is 0.118. The predicted molar refractivity (Wildman–Crippen MR) is 80.0 cm³/mol. The third-order valence-corrected chi connectivity index (χ3v) is 3.69. The molecule has 0 aromatic heterocycles. The second-order valence-corrected chi connectivity index (χ2v) is 5.22. The number of piperazine rings is 1. The lowest BCUT2D eigenvalue weighted by molar-refractivity contribution is -0.156. The van der Waals surface area contributed by atoms with Crippen LogP contribution in [0.2, 0.25) is 0 Å². The van der Waals surface area contributed by atoms with Crippen LogP contribution >= 0.6 is 12.2 Å². The molecule has 1 saturated heterocycles. The predicted octanol–water partition coefficient (Wildman–Crippen LogP) is 0.651. The number of nitrogens with zero attached hydrogens (tertiary/aromatic N) is 2. The number of carbonyl (C=O) groups excluding carboxylic acids is 2. The Labute approximate surface area is 127 Å². The molecule has 21 heavy (non-hydrogen) atoms. The molecule has 1 aliphatic rings. The van der Waals surface area contributed by atoms with Crippen molar-refractivity contribution in [2.75, 3.05) is 19.6 Å². The van der Waals surface area contributed by atoms with Gasteiger partial charge in [0.05, 0.1) is 0 Å². The molecule has 0 radical (unpaired) electrons.